The van der Waals surface area contributed by atoms with Crippen LogP contribution in [-0.2, 0) is 11.2 Å². The lowest BCUT2D eigenvalue weighted by Gasteiger charge is -2.38. The van der Waals surface area contributed by atoms with Crippen molar-refractivity contribution in [3.8, 4) is 5.75 Å². The standard InChI is InChI=1S/C15H25N3O2/c1-15(12-16,17-18-7-9-20-10-8-18)11-13-5-3-4-6-14(13)19-2/h3-6,17H,7-12,16H2,1-2H3. The van der Waals surface area contributed by atoms with Crippen molar-refractivity contribution in [3.05, 3.63) is 29.8 Å². The van der Waals surface area contributed by atoms with E-state index in [1.54, 1.807) is 7.11 Å². The molecule has 0 bridgehead atoms. The van der Waals surface area contributed by atoms with Crippen LogP contribution in [0.2, 0.25) is 0 Å². The molecule has 1 fully saturated rings. The van der Waals surface area contributed by atoms with Gasteiger partial charge in [-0.25, -0.2) is 10.4 Å². The van der Waals surface area contributed by atoms with Crippen LogP contribution in [0.1, 0.15) is 12.5 Å². The van der Waals surface area contributed by atoms with Crippen LogP contribution in [-0.4, -0.2) is 50.5 Å². The monoisotopic (exact) mass is 279 g/mol. The predicted octanol–water partition coefficient (Wildman–Crippen LogP) is 0.792. The molecule has 1 atom stereocenters. The van der Waals surface area contributed by atoms with Crippen LogP contribution in [0, 0.1) is 0 Å². The van der Waals surface area contributed by atoms with Crippen LogP contribution in [0.3, 0.4) is 0 Å². The normalized spacial score (nSPS) is 19.6. The van der Waals surface area contributed by atoms with Gasteiger partial charge in [-0.1, -0.05) is 18.2 Å². The Morgan fingerprint density at radius 3 is 2.70 bits per heavy atom. The number of nitrogens with two attached hydrogens (primary N) is 1. The quantitative estimate of drug-likeness (QED) is 0.806. The van der Waals surface area contributed by atoms with E-state index >= 15 is 0 Å². The van der Waals surface area contributed by atoms with Gasteiger partial charge in [0.25, 0.3) is 0 Å². The van der Waals surface area contributed by atoms with E-state index in [-0.39, 0.29) is 5.54 Å². The van der Waals surface area contributed by atoms with E-state index in [1.165, 1.54) is 5.56 Å². The van der Waals surface area contributed by atoms with E-state index in [0.29, 0.717) is 6.54 Å². The Morgan fingerprint density at radius 2 is 2.05 bits per heavy atom. The van der Waals surface area contributed by atoms with Crippen LogP contribution < -0.4 is 15.9 Å². The Balaban J connectivity index is 2.05. The summed E-state index contributed by atoms with van der Waals surface area (Å²) < 4.78 is 10.8. The maximum Gasteiger partial charge on any atom is 0.122 e. The zero-order valence-electron chi connectivity index (χ0n) is 12.4. The van der Waals surface area contributed by atoms with Crippen molar-refractivity contribution >= 4 is 0 Å². The van der Waals surface area contributed by atoms with Crippen molar-refractivity contribution in [1.82, 2.24) is 10.4 Å². The van der Waals surface area contributed by atoms with Gasteiger partial charge in [0.2, 0.25) is 0 Å². The second-order valence-corrected chi connectivity index (χ2v) is 5.46. The highest BCUT2D eigenvalue weighted by Crippen LogP contribution is 2.22. The summed E-state index contributed by atoms with van der Waals surface area (Å²) in [6.45, 7) is 6.02. The molecule has 3 N–H and O–H groups in total. The van der Waals surface area contributed by atoms with Crippen LogP contribution in [0.4, 0.5) is 0 Å². The van der Waals surface area contributed by atoms with Gasteiger partial charge in [0.15, 0.2) is 0 Å². The molecule has 20 heavy (non-hydrogen) atoms. The number of nitrogens with one attached hydrogen (secondary N) is 1. The predicted molar refractivity (Wildman–Crippen MR) is 79.7 cm³/mol. The molecule has 2 rings (SSSR count). The summed E-state index contributed by atoms with van der Waals surface area (Å²) in [5.41, 5.74) is 10.5. The molecule has 1 aliphatic rings. The van der Waals surface area contributed by atoms with E-state index in [0.717, 1.165) is 38.5 Å². The van der Waals surface area contributed by atoms with E-state index in [2.05, 4.69) is 23.4 Å². The number of hydrogen-bond acceptors (Lipinski definition) is 5. The van der Waals surface area contributed by atoms with Crippen molar-refractivity contribution < 1.29 is 9.47 Å². The first-order valence-corrected chi connectivity index (χ1v) is 7.09. The lowest BCUT2D eigenvalue weighted by Crippen LogP contribution is -2.60. The summed E-state index contributed by atoms with van der Waals surface area (Å²) in [6, 6.07) is 8.09. The minimum Gasteiger partial charge on any atom is -0.496 e. The number of nitrogens with zero attached hydrogens (tertiary/aromatic N) is 1. The van der Waals surface area contributed by atoms with Crippen LogP contribution in [0.25, 0.3) is 0 Å². The minimum atomic E-state index is -0.189. The maximum atomic E-state index is 6.00. The topological polar surface area (TPSA) is 59.8 Å². The number of hydrazine groups is 1. The van der Waals surface area contributed by atoms with Gasteiger partial charge in [-0.05, 0) is 25.0 Å². The number of rotatable bonds is 6. The average molecular weight is 279 g/mol. The molecule has 0 radical (unpaired) electrons. The zero-order chi connectivity index (χ0) is 14.4. The highest BCUT2D eigenvalue weighted by Gasteiger charge is 2.27. The lowest BCUT2D eigenvalue weighted by molar-refractivity contribution is -0.00889. The summed E-state index contributed by atoms with van der Waals surface area (Å²) in [6.07, 6.45) is 0.824. The van der Waals surface area contributed by atoms with Crippen molar-refractivity contribution in [2.24, 2.45) is 5.73 Å². The number of para-hydroxylation sites is 1. The van der Waals surface area contributed by atoms with Crippen molar-refractivity contribution in [2.75, 3.05) is 40.0 Å². The number of methoxy groups -OCH3 is 1. The molecule has 0 aliphatic carbocycles. The van der Waals surface area contributed by atoms with Gasteiger partial charge < -0.3 is 15.2 Å². The van der Waals surface area contributed by atoms with E-state index < -0.39 is 0 Å². The second-order valence-electron chi connectivity index (χ2n) is 5.46. The summed E-state index contributed by atoms with van der Waals surface area (Å²) >= 11 is 0. The van der Waals surface area contributed by atoms with E-state index in [1.807, 2.05) is 18.2 Å². The maximum absolute atomic E-state index is 6.00. The first-order valence-electron chi connectivity index (χ1n) is 7.09. The van der Waals surface area contributed by atoms with E-state index in [4.69, 9.17) is 15.2 Å². The molecule has 0 amide bonds. The SMILES string of the molecule is COc1ccccc1CC(C)(CN)NN1CCOCC1. The Morgan fingerprint density at radius 1 is 1.35 bits per heavy atom. The Labute approximate surface area is 121 Å². The smallest absolute Gasteiger partial charge is 0.122 e. The molecule has 1 aromatic carbocycles. The molecular formula is C15H25N3O2. The van der Waals surface area contributed by atoms with Gasteiger partial charge in [0.1, 0.15) is 5.75 Å². The van der Waals surface area contributed by atoms with Crippen LogP contribution in [0.15, 0.2) is 24.3 Å². The van der Waals surface area contributed by atoms with E-state index in [9.17, 15) is 0 Å². The first kappa shape index (κ1) is 15.3. The molecule has 1 saturated heterocycles. The molecule has 5 nitrogen and oxygen atoms in total. The van der Waals surface area contributed by atoms with Crippen molar-refractivity contribution in [3.63, 3.8) is 0 Å². The average Bonchev–Trinajstić information content (AvgIpc) is 2.49. The van der Waals surface area contributed by atoms with Gasteiger partial charge in [0.05, 0.1) is 20.3 Å². The molecule has 5 heteroatoms. The van der Waals surface area contributed by atoms with Crippen molar-refractivity contribution in [2.45, 2.75) is 18.9 Å². The summed E-state index contributed by atoms with van der Waals surface area (Å²) in [4.78, 5) is 0. The highest BCUT2D eigenvalue weighted by atomic mass is 16.5. The molecule has 1 unspecified atom stereocenters. The number of hydrogen-bond donors (Lipinski definition) is 2. The van der Waals surface area contributed by atoms with Crippen LogP contribution >= 0.6 is 0 Å². The van der Waals surface area contributed by atoms with Gasteiger partial charge in [0, 0.05) is 25.2 Å². The second kappa shape index (κ2) is 7.04. The summed E-state index contributed by atoms with van der Waals surface area (Å²) in [5.74, 6) is 0.913. The first-order chi connectivity index (χ1) is 9.67. The molecule has 0 spiro atoms. The Hall–Kier alpha value is -1.14. The Bertz CT molecular complexity index is 421. The number of benzene rings is 1. The lowest BCUT2D eigenvalue weighted by atomic mass is 9.93. The molecule has 112 valence electrons. The van der Waals surface area contributed by atoms with Crippen LogP contribution in [0.5, 0.6) is 5.75 Å². The molecule has 1 aliphatic heterocycles. The fraction of sp³-hybridized carbons (Fsp3) is 0.600. The molecular weight excluding hydrogens is 254 g/mol. The molecule has 1 aromatic rings. The third kappa shape index (κ3) is 3.93. The molecule has 0 aromatic heterocycles. The third-order valence-electron chi connectivity index (χ3n) is 3.66. The largest absolute Gasteiger partial charge is 0.496 e. The Kier molecular flexibility index (Phi) is 5.37. The zero-order valence-corrected chi connectivity index (χ0v) is 12.4. The molecule has 1 heterocycles. The fourth-order valence-corrected chi connectivity index (χ4v) is 2.48. The van der Waals surface area contributed by atoms with Gasteiger partial charge in [-0.2, -0.15) is 0 Å². The fourth-order valence-electron chi connectivity index (χ4n) is 2.48. The molecule has 0 saturated carbocycles. The summed E-state index contributed by atoms with van der Waals surface area (Å²) in [7, 11) is 1.70. The number of morpholine rings is 1. The highest BCUT2D eigenvalue weighted by molar-refractivity contribution is 5.34. The minimum absolute atomic E-state index is 0.189. The van der Waals surface area contributed by atoms with Gasteiger partial charge in [-0.15, -0.1) is 0 Å². The van der Waals surface area contributed by atoms with Crippen molar-refractivity contribution in [1.29, 1.82) is 0 Å². The number of ether oxygens (including phenoxy) is 2. The third-order valence-corrected chi connectivity index (χ3v) is 3.66. The summed E-state index contributed by atoms with van der Waals surface area (Å²) in [5, 5.41) is 2.20. The van der Waals surface area contributed by atoms with Gasteiger partial charge >= 0.3 is 0 Å². The van der Waals surface area contributed by atoms with Gasteiger partial charge in [-0.3, -0.25) is 0 Å².